The second-order valence-electron chi connectivity index (χ2n) is 3.94. The second kappa shape index (κ2) is 3.96. The third kappa shape index (κ3) is 1.56. The van der Waals surface area contributed by atoms with Crippen LogP contribution in [-0.2, 0) is 6.42 Å². The molecule has 1 aromatic carbocycles. The molecule has 0 fully saturated rings. The van der Waals surface area contributed by atoms with Crippen LogP contribution in [0.3, 0.4) is 0 Å². The molecule has 1 heterocycles. The molecule has 0 aliphatic carbocycles. The van der Waals surface area contributed by atoms with Gasteiger partial charge in [-0.15, -0.1) is 0 Å². The zero-order chi connectivity index (χ0) is 11.7. The summed E-state index contributed by atoms with van der Waals surface area (Å²) in [6.45, 7) is 2.07. The van der Waals surface area contributed by atoms with E-state index in [1.165, 1.54) is 0 Å². The fraction of sp³-hybridized carbons (Fsp3) is 0.333. The number of unbranched alkanes of at least 4 members (excludes halogenated alkanes) is 1. The van der Waals surface area contributed by atoms with Gasteiger partial charge in [-0.1, -0.05) is 13.3 Å². The first kappa shape index (κ1) is 10.7. The molecule has 1 aromatic rings. The number of nitrogens with two attached hydrogens (primary N) is 1. The average molecular weight is 218 g/mol. The quantitative estimate of drug-likeness (QED) is 0.596. The molecule has 84 valence electrons. The van der Waals surface area contributed by atoms with Crippen LogP contribution in [-0.4, -0.2) is 11.8 Å². The summed E-state index contributed by atoms with van der Waals surface area (Å²) in [6.07, 6.45) is 2.73. The highest BCUT2D eigenvalue weighted by molar-refractivity contribution is 6.22. The molecule has 1 aliphatic rings. The van der Waals surface area contributed by atoms with Crippen LogP contribution < -0.4 is 11.1 Å². The van der Waals surface area contributed by atoms with Crippen molar-refractivity contribution < 1.29 is 9.59 Å². The minimum absolute atomic E-state index is 0.321. The summed E-state index contributed by atoms with van der Waals surface area (Å²) in [4.78, 5) is 23.1. The molecular formula is C12H14N2O2. The normalized spacial score (nSPS) is 13.8. The van der Waals surface area contributed by atoms with Gasteiger partial charge in [0, 0.05) is 5.69 Å². The van der Waals surface area contributed by atoms with Gasteiger partial charge in [-0.25, -0.2) is 0 Å². The van der Waals surface area contributed by atoms with Crippen molar-refractivity contribution in [3.05, 3.63) is 28.8 Å². The zero-order valence-electron chi connectivity index (χ0n) is 9.17. The standard InChI is InChI=1S/C12H14N2O2/c1-2-3-4-7-9(13)6-5-8-10(7)12(16)14-11(8)15/h5-6H,2-4,13H2,1H3,(H,14,15,16). The van der Waals surface area contributed by atoms with Crippen LogP contribution in [0.5, 0.6) is 0 Å². The smallest absolute Gasteiger partial charge is 0.259 e. The molecule has 2 amide bonds. The Morgan fingerprint density at radius 3 is 2.69 bits per heavy atom. The lowest BCUT2D eigenvalue weighted by atomic mass is 9.97. The Morgan fingerprint density at radius 1 is 1.25 bits per heavy atom. The monoisotopic (exact) mass is 218 g/mol. The van der Waals surface area contributed by atoms with Crippen molar-refractivity contribution >= 4 is 17.5 Å². The maximum absolute atomic E-state index is 11.6. The van der Waals surface area contributed by atoms with Crippen LogP contribution in [0.25, 0.3) is 0 Å². The Balaban J connectivity index is 2.51. The molecule has 0 saturated heterocycles. The SMILES string of the molecule is CCCCc1c(N)ccc2c1C(=O)NC2=O. The lowest BCUT2D eigenvalue weighted by Gasteiger charge is -2.08. The second-order valence-corrected chi connectivity index (χ2v) is 3.94. The summed E-state index contributed by atoms with van der Waals surface area (Å²) < 4.78 is 0. The van der Waals surface area contributed by atoms with Crippen molar-refractivity contribution in [3.63, 3.8) is 0 Å². The lowest BCUT2D eigenvalue weighted by Crippen LogP contribution is -2.20. The molecule has 0 spiro atoms. The summed E-state index contributed by atoms with van der Waals surface area (Å²) in [5.74, 6) is -0.642. The predicted molar refractivity (Wildman–Crippen MR) is 61.3 cm³/mol. The van der Waals surface area contributed by atoms with Crippen LogP contribution >= 0.6 is 0 Å². The first-order valence-corrected chi connectivity index (χ1v) is 5.42. The average Bonchev–Trinajstić information content (AvgIpc) is 2.53. The van der Waals surface area contributed by atoms with Crippen molar-refractivity contribution in [1.29, 1.82) is 0 Å². The number of anilines is 1. The van der Waals surface area contributed by atoms with Crippen LogP contribution in [0.1, 0.15) is 46.0 Å². The molecule has 0 bridgehead atoms. The lowest BCUT2D eigenvalue weighted by molar-refractivity contribution is 0.0879. The van der Waals surface area contributed by atoms with E-state index < -0.39 is 0 Å². The summed E-state index contributed by atoms with van der Waals surface area (Å²) in [6, 6.07) is 3.31. The van der Waals surface area contributed by atoms with Gasteiger partial charge in [0.25, 0.3) is 11.8 Å². The van der Waals surface area contributed by atoms with E-state index in [1.807, 2.05) is 0 Å². The fourth-order valence-corrected chi connectivity index (χ4v) is 1.97. The zero-order valence-corrected chi connectivity index (χ0v) is 9.17. The molecule has 0 radical (unpaired) electrons. The molecule has 0 unspecified atom stereocenters. The molecule has 2 rings (SSSR count). The minimum atomic E-state index is -0.322. The molecule has 16 heavy (non-hydrogen) atoms. The molecule has 1 aliphatic heterocycles. The van der Waals surface area contributed by atoms with E-state index in [1.54, 1.807) is 12.1 Å². The van der Waals surface area contributed by atoms with Gasteiger partial charge in [-0.3, -0.25) is 14.9 Å². The minimum Gasteiger partial charge on any atom is -0.398 e. The first-order valence-electron chi connectivity index (χ1n) is 5.42. The van der Waals surface area contributed by atoms with Crippen LogP contribution in [0, 0.1) is 0 Å². The Kier molecular flexibility index (Phi) is 2.64. The summed E-state index contributed by atoms with van der Waals surface area (Å²) in [5.41, 5.74) is 8.17. The highest BCUT2D eigenvalue weighted by Gasteiger charge is 2.29. The summed E-state index contributed by atoms with van der Waals surface area (Å²) >= 11 is 0. The van der Waals surface area contributed by atoms with E-state index >= 15 is 0 Å². The van der Waals surface area contributed by atoms with E-state index in [0.29, 0.717) is 16.8 Å². The highest BCUT2D eigenvalue weighted by atomic mass is 16.2. The third-order valence-electron chi connectivity index (χ3n) is 2.83. The third-order valence-corrected chi connectivity index (χ3v) is 2.83. The molecule has 4 heteroatoms. The molecule has 3 N–H and O–H groups in total. The Hall–Kier alpha value is -1.84. The van der Waals surface area contributed by atoms with Gasteiger partial charge in [0.2, 0.25) is 0 Å². The summed E-state index contributed by atoms with van der Waals surface area (Å²) in [5, 5.41) is 2.29. The molecular weight excluding hydrogens is 204 g/mol. The van der Waals surface area contributed by atoms with Crippen LogP contribution in [0.2, 0.25) is 0 Å². The first-order chi connectivity index (χ1) is 7.65. The molecule has 0 saturated carbocycles. The predicted octanol–water partition coefficient (Wildman–Crippen LogP) is 1.49. The topological polar surface area (TPSA) is 72.2 Å². The van der Waals surface area contributed by atoms with Crippen molar-refractivity contribution in [2.24, 2.45) is 0 Å². The highest BCUT2D eigenvalue weighted by Crippen LogP contribution is 2.26. The summed E-state index contributed by atoms with van der Waals surface area (Å²) in [7, 11) is 0. The number of hydrogen-bond donors (Lipinski definition) is 2. The number of hydrogen-bond acceptors (Lipinski definition) is 3. The van der Waals surface area contributed by atoms with E-state index in [2.05, 4.69) is 12.2 Å². The number of carbonyl (C=O) groups is 2. The van der Waals surface area contributed by atoms with E-state index in [-0.39, 0.29) is 11.8 Å². The number of imide groups is 1. The largest absolute Gasteiger partial charge is 0.398 e. The van der Waals surface area contributed by atoms with Gasteiger partial charge in [0.15, 0.2) is 0 Å². The maximum Gasteiger partial charge on any atom is 0.259 e. The number of fused-ring (bicyclic) bond motifs is 1. The Labute approximate surface area is 93.8 Å². The van der Waals surface area contributed by atoms with Crippen molar-refractivity contribution in [2.45, 2.75) is 26.2 Å². The van der Waals surface area contributed by atoms with Gasteiger partial charge in [-0.2, -0.15) is 0 Å². The van der Waals surface area contributed by atoms with Gasteiger partial charge < -0.3 is 5.73 Å². The number of carbonyl (C=O) groups excluding carboxylic acids is 2. The van der Waals surface area contributed by atoms with E-state index in [9.17, 15) is 9.59 Å². The number of benzene rings is 1. The van der Waals surface area contributed by atoms with Gasteiger partial charge in [0.05, 0.1) is 11.1 Å². The number of amides is 2. The van der Waals surface area contributed by atoms with E-state index in [4.69, 9.17) is 5.73 Å². The number of nitrogens with one attached hydrogen (secondary N) is 1. The van der Waals surface area contributed by atoms with Crippen molar-refractivity contribution in [3.8, 4) is 0 Å². The number of rotatable bonds is 3. The maximum atomic E-state index is 11.6. The molecule has 0 atom stereocenters. The Bertz CT molecular complexity index is 466. The molecule has 4 nitrogen and oxygen atoms in total. The van der Waals surface area contributed by atoms with Crippen LogP contribution in [0.15, 0.2) is 12.1 Å². The van der Waals surface area contributed by atoms with Crippen LogP contribution in [0.4, 0.5) is 5.69 Å². The number of nitrogen functional groups attached to an aromatic ring is 1. The van der Waals surface area contributed by atoms with Gasteiger partial charge >= 0.3 is 0 Å². The van der Waals surface area contributed by atoms with Crippen molar-refractivity contribution in [1.82, 2.24) is 5.32 Å². The fourth-order valence-electron chi connectivity index (χ4n) is 1.97. The van der Waals surface area contributed by atoms with Gasteiger partial charge in [0.1, 0.15) is 0 Å². The van der Waals surface area contributed by atoms with Gasteiger partial charge in [-0.05, 0) is 30.5 Å². The molecule has 0 aromatic heterocycles. The van der Waals surface area contributed by atoms with E-state index in [0.717, 1.165) is 24.8 Å². The van der Waals surface area contributed by atoms with Crippen molar-refractivity contribution in [2.75, 3.05) is 5.73 Å². The Morgan fingerprint density at radius 2 is 2.00 bits per heavy atom.